The van der Waals surface area contributed by atoms with E-state index in [2.05, 4.69) is 23.5 Å². The Morgan fingerprint density at radius 3 is 2.34 bits per heavy atom. The maximum absolute atomic E-state index is 13.0. The molecular weight excluding hydrogens is 460 g/mol. The van der Waals surface area contributed by atoms with Crippen molar-refractivity contribution >= 4 is 17.9 Å². The fourth-order valence-electron chi connectivity index (χ4n) is 3.73. The number of phenols is 1. The van der Waals surface area contributed by atoms with Crippen molar-refractivity contribution in [3.8, 4) is 11.5 Å². The van der Waals surface area contributed by atoms with Gasteiger partial charge in [-0.3, -0.25) is 4.79 Å². The summed E-state index contributed by atoms with van der Waals surface area (Å²) in [7, 11) is 1.64. The summed E-state index contributed by atoms with van der Waals surface area (Å²) in [5, 5.41) is 24.1. The molecule has 7 heteroatoms. The standard InChI is InChI=1S/C28H34N2O4S/c1-20(2)18-30(35-25-14-12-24(34-3)13-15-25)19-27(32)26(16-21-8-5-4-6-9-21)29-28(33)22-10-7-11-23(31)17-22/h4-15,17,20,26-27,31-32H,16,18-19H2,1-3H3,(H,29,33). The second-order valence-electron chi connectivity index (χ2n) is 8.89. The molecule has 0 saturated carbocycles. The molecule has 0 saturated heterocycles. The summed E-state index contributed by atoms with van der Waals surface area (Å²) < 4.78 is 7.39. The van der Waals surface area contributed by atoms with Crippen LogP contribution in [0.25, 0.3) is 0 Å². The monoisotopic (exact) mass is 494 g/mol. The molecule has 0 heterocycles. The van der Waals surface area contributed by atoms with Crippen molar-refractivity contribution in [2.24, 2.45) is 5.92 Å². The van der Waals surface area contributed by atoms with E-state index in [1.807, 2.05) is 54.6 Å². The van der Waals surface area contributed by atoms with Crippen LogP contribution in [0.1, 0.15) is 29.8 Å². The van der Waals surface area contributed by atoms with Crippen molar-refractivity contribution in [2.45, 2.75) is 37.3 Å². The Bertz CT molecular complexity index is 1060. The molecule has 6 nitrogen and oxygen atoms in total. The maximum Gasteiger partial charge on any atom is 0.251 e. The van der Waals surface area contributed by atoms with Crippen LogP contribution in [0.15, 0.2) is 83.8 Å². The number of hydrogen-bond donors (Lipinski definition) is 3. The van der Waals surface area contributed by atoms with Gasteiger partial charge in [0.05, 0.1) is 19.3 Å². The summed E-state index contributed by atoms with van der Waals surface area (Å²) in [4.78, 5) is 14.0. The van der Waals surface area contributed by atoms with Crippen LogP contribution in [0.3, 0.4) is 0 Å². The van der Waals surface area contributed by atoms with Gasteiger partial charge in [0, 0.05) is 23.5 Å². The van der Waals surface area contributed by atoms with Gasteiger partial charge in [-0.05, 0) is 72.3 Å². The van der Waals surface area contributed by atoms with E-state index >= 15 is 0 Å². The van der Waals surface area contributed by atoms with Gasteiger partial charge in [-0.25, -0.2) is 4.31 Å². The fraction of sp³-hybridized carbons (Fsp3) is 0.321. The van der Waals surface area contributed by atoms with Gasteiger partial charge in [0.1, 0.15) is 11.5 Å². The van der Waals surface area contributed by atoms with Crippen LogP contribution in [-0.2, 0) is 6.42 Å². The Labute approximate surface area is 212 Å². The number of nitrogens with one attached hydrogen (secondary N) is 1. The smallest absolute Gasteiger partial charge is 0.251 e. The van der Waals surface area contributed by atoms with Gasteiger partial charge in [-0.2, -0.15) is 0 Å². The number of aliphatic hydroxyl groups excluding tert-OH is 1. The molecule has 0 bridgehead atoms. The van der Waals surface area contributed by atoms with E-state index in [1.165, 1.54) is 12.1 Å². The summed E-state index contributed by atoms with van der Waals surface area (Å²) in [6.45, 7) is 5.41. The lowest BCUT2D eigenvalue weighted by molar-refractivity contribution is 0.0784. The van der Waals surface area contributed by atoms with Crippen molar-refractivity contribution in [3.05, 3.63) is 90.0 Å². The van der Waals surface area contributed by atoms with Crippen LogP contribution >= 0.6 is 11.9 Å². The van der Waals surface area contributed by atoms with Gasteiger partial charge in [0.2, 0.25) is 0 Å². The van der Waals surface area contributed by atoms with Crippen LogP contribution < -0.4 is 10.1 Å². The molecule has 3 rings (SSSR count). The fourth-order valence-corrected chi connectivity index (χ4v) is 4.88. The minimum absolute atomic E-state index is 0.0248. The third-order valence-electron chi connectivity index (χ3n) is 5.44. The Balaban J connectivity index is 1.77. The molecule has 0 fully saturated rings. The van der Waals surface area contributed by atoms with E-state index < -0.39 is 12.1 Å². The zero-order valence-electron chi connectivity index (χ0n) is 20.4. The number of aliphatic hydroxyl groups is 1. The average Bonchev–Trinajstić information content (AvgIpc) is 2.84. The lowest BCUT2D eigenvalue weighted by atomic mass is 10.00. The molecular formula is C28H34N2O4S. The molecule has 3 N–H and O–H groups in total. The Hall–Kier alpha value is -3.00. The Morgan fingerprint density at radius 2 is 1.71 bits per heavy atom. The molecule has 2 unspecified atom stereocenters. The second kappa shape index (κ2) is 13.2. The Morgan fingerprint density at radius 1 is 1.00 bits per heavy atom. The predicted molar refractivity (Wildman–Crippen MR) is 141 cm³/mol. The topological polar surface area (TPSA) is 82.0 Å². The summed E-state index contributed by atoms with van der Waals surface area (Å²) in [6.07, 6.45) is -0.337. The number of methoxy groups -OCH3 is 1. The molecule has 0 aromatic heterocycles. The number of carbonyl (C=O) groups excluding carboxylic acids is 1. The highest BCUT2D eigenvalue weighted by Crippen LogP contribution is 2.26. The first-order valence-corrected chi connectivity index (χ1v) is 12.5. The number of amides is 1. The summed E-state index contributed by atoms with van der Waals surface area (Å²) in [5.41, 5.74) is 1.37. The van der Waals surface area contributed by atoms with E-state index in [4.69, 9.17) is 4.74 Å². The van der Waals surface area contributed by atoms with Crippen molar-refractivity contribution < 1.29 is 19.7 Å². The number of phenolic OH excluding ortho intramolecular Hbond substituents is 1. The van der Waals surface area contributed by atoms with E-state index in [9.17, 15) is 15.0 Å². The van der Waals surface area contributed by atoms with Crippen LogP contribution in [0.2, 0.25) is 0 Å². The van der Waals surface area contributed by atoms with Crippen LogP contribution in [0.5, 0.6) is 11.5 Å². The third kappa shape index (κ3) is 8.62. The van der Waals surface area contributed by atoms with Crippen molar-refractivity contribution in [1.29, 1.82) is 0 Å². The zero-order valence-corrected chi connectivity index (χ0v) is 21.2. The van der Waals surface area contributed by atoms with Gasteiger partial charge >= 0.3 is 0 Å². The molecule has 0 radical (unpaired) electrons. The first kappa shape index (κ1) is 26.6. The lowest BCUT2D eigenvalue weighted by Gasteiger charge is -2.30. The second-order valence-corrected chi connectivity index (χ2v) is 10.1. The molecule has 1 amide bonds. The van der Waals surface area contributed by atoms with Gasteiger partial charge in [0.15, 0.2) is 0 Å². The normalized spacial score (nSPS) is 13.0. The number of aromatic hydroxyl groups is 1. The summed E-state index contributed by atoms with van der Waals surface area (Å²) in [6, 6.07) is 23.3. The van der Waals surface area contributed by atoms with Crippen LogP contribution in [-0.4, -0.2) is 52.8 Å². The lowest BCUT2D eigenvalue weighted by Crippen LogP contribution is -2.49. The molecule has 0 aliphatic rings. The Kier molecular flexibility index (Phi) is 10.0. The maximum atomic E-state index is 13.0. The molecule has 186 valence electrons. The quantitative estimate of drug-likeness (QED) is 0.315. The van der Waals surface area contributed by atoms with Gasteiger partial charge < -0.3 is 20.3 Å². The summed E-state index contributed by atoms with van der Waals surface area (Å²) >= 11 is 1.58. The SMILES string of the molecule is COc1ccc(SN(CC(C)C)CC(O)C(Cc2ccccc2)NC(=O)c2cccc(O)c2)cc1. The molecule has 35 heavy (non-hydrogen) atoms. The average molecular weight is 495 g/mol. The van der Waals surface area contributed by atoms with Gasteiger partial charge in [-0.15, -0.1) is 0 Å². The highest BCUT2D eigenvalue weighted by molar-refractivity contribution is 7.97. The molecule has 0 aliphatic carbocycles. The predicted octanol–water partition coefficient (Wildman–Crippen LogP) is 4.77. The number of ether oxygens (including phenoxy) is 1. The van der Waals surface area contributed by atoms with E-state index in [-0.39, 0.29) is 11.7 Å². The van der Waals surface area contributed by atoms with Crippen molar-refractivity contribution in [1.82, 2.24) is 9.62 Å². The molecule has 0 aliphatic heterocycles. The molecule has 2 atom stereocenters. The highest BCUT2D eigenvalue weighted by Gasteiger charge is 2.25. The molecule has 3 aromatic carbocycles. The summed E-state index contributed by atoms with van der Waals surface area (Å²) in [5.74, 6) is 0.876. The largest absolute Gasteiger partial charge is 0.508 e. The minimum atomic E-state index is -0.819. The van der Waals surface area contributed by atoms with Crippen molar-refractivity contribution in [3.63, 3.8) is 0 Å². The third-order valence-corrected chi connectivity index (χ3v) is 6.48. The molecule has 0 spiro atoms. The molecule has 3 aromatic rings. The van der Waals surface area contributed by atoms with Gasteiger partial charge in [-0.1, -0.05) is 50.2 Å². The number of benzene rings is 3. The zero-order chi connectivity index (χ0) is 25.2. The van der Waals surface area contributed by atoms with Crippen LogP contribution in [0.4, 0.5) is 0 Å². The van der Waals surface area contributed by atoms with E-state index in [0.29, 0.717) is 24.4 Å². The number of hydrogen-bond acceptors (Lipinski definition) is 6. The van der Waals surface area contributed by atoms with Crippen molar-refractivity contribution in [2.75, 3.05) is 20.2 Å². The van der Waals surface area contributed by atoms with Crippen LogP contribution in [0, 0.1) is 5.92 Å². The minimum Gasteiger partial charge on any atom is -0.508 e. The van der Waals surface area contributed by atoms with E-state index in [0.717, 1.165) is 22.8 Å². The first-order chi connectivity index (χ1) is 16.8. The first-order valence-electron chi connectivity index (χ1n) is 11.7. The highest BCUT2D eigenvalue weighted by atomic mass is 32.2. The number of carbonyl (C=O) groups is 1. The van der Waals surface area contributed by atoms with Gasteiger partial charge in [0.25, 0.3) is 5.91 Å². The van der Waals surface area contributed by atoms with E-state index in [1.54, 1.807) is 31.2 Å². The number of rotatable bonds is 12. The number of nitrogens with zero attached hydrogens (tertiary/aromatic N) is 1.